The van der Waals surface area contributed by atoms with E-state index in [0.29, 0.717) is 0 Å². The maximum absolute atomic E-state index is 5.62. The average molecular weight is 208 g/mol. The van der Waals surface area contributed by atoms with Crippen molar-refractivity contribution in [1.29, 1.82) is 0 Å². The topological polar surface area (TPSA) is 38.0 Å². The molecule has 0 fully saturated rings. The zero-order valence-electron chi connectivity index (χ0n) is 9.96. The molecule has 0 bridgehead atoms. The van der Waals surface area contributed by atoms with Crippen LogP contribution in [0.3, 0.4) is 0 Å². The standard InChI is InChI=1S/C12H22N3/c1-15(2,3)9-8-14-10-11-4-6-12(13)7-5-11/h4-7,14H,8-10,13H2,1-3H3/q+1. The molecule has 1 aromatic carbocycles. The van der Waals surface area contributed by atoms with Gasteiger partial charge in [-0.3, -0.25) is 0 Å². The summed E-state index contributed by atoms with van der Waals surface area (Å²) in [6.45, 7) is 3.09. The first-order valence-corrected chi connectivity index (χ1v) is 5.33. The third-order valence-electron chi connectivity index (χ3n) is 2.27. The lowest BCUT2D eigenvalue weighted by Crippen LogP contribution is -2.40. The molecule has 0 radical (unpaired) electrons. The van der Waals surface area contributed by atoms with Gasteiger partial charge in [0.15, 0.2) is 0 Å². The second-order valence-corrected chi connectivity index (χ2v) is 4.93. The van der Waals surface area contributed by atoms with Gasteiger partial charge in [0.2, 0.25) is 0 Å². The molecule has 3 nitrogen and oxygen atoms in total. The summed E-state index contributed by atoms with van der Waals surface area (Å²) in [6.07, 6.45) is 0. The van der Waals surface area contributed by atoms with Crippen LogP contribution in [0.4, 0.5) is 5.69 Å². The summed E-state index contributed by atoms with van der Waals surface area (Å²) >= 11 is 0. The van der Waals surface area contributed by atoms with Gasteiger partial charge < -0.3 is 15.5 Å². The largest absolute Gasteiger partial charge is 0.399 e. The van der Waals surface area contributed by atoms with Gasteiger partial charge >= 0.3 is 0 Å². The normalized spacial score (nSPS) is 11.7. The molecule has 0 aliphatic heterocycles. The molecule has 3 heteroatoms. The molecule has 0 spiro atoms. The maximum atomic E-state index is 5.62. The molecule has 15 heavy (non-hydrogen) atoms. The Morgan fingerprint density at radius 3 is 2.27 bits per heavy atom. The quantitative estimate of drug-likeness (QED) is 0.431. The van der Waals surface area contributed by atoms with E-state index < -0.39 is 0 Å². The average Bonchev–Trinajstić information content (AvgIpc) is 2.14. The number of quaternary nitrogens is 1. The first kappa shape index (κ1) is 12.0. The summed E-state index contributed by atoms with van der Waals surface area (Å²) in [6, 6.07) is 8.01. The number of hydrogen-bond acceptors (Lipinski definition) is 2. The third-order valence-corrected chi connectivity index (χ3v) is 2.27. The van der Waals surface area contributed by atoms with Crippen molar-refractivity contribution in [1.82, 2.24) is 5.32 Å². The summed E-state index contributed by atoms with van der Waals surface area (Å²) in [4.78, 5) is 0. The molecule has 3 N–H and O–H groups in total. The van der Waals surface area contributed by atoms with E-state index >= 15 is 0 Å². The van der Waals surface area contributed by atoms with Crippen molar-refractivity contribution in [3.05, 3.63) is 29.8 Å². The zero-order valence-corrected chi connectivity index (χ0v) is 9.96. The number of nitrogens with one attached hydrogen (secondary N) is 1. The second kappa shape index (κ2) is 5.14. The zero-order chi connectivity index (χ0) is 11.3. The van der Waals surface area contributed by atoms with E-state index in [1.54, 1.807) is 0 Å². The van der Waals surface area contributed by atoms with Crippen LogP contribution in [0.25, 0.3) is 0 Å². The van der Waals surface area contributed by atoms with E-state index in [0.717, 1.165) is 29.8 Å². The van der Waals surface area contributed by atoms with Crippen LogP contribution in [-0.4, -0.2) is 38.7 Å². The van der Waals surface area contributed by atoms with Gasteiger partial charge in [-0.15, -0.1) is 0 Å². The summed E-state index contributed by atoms with van der Waals surface area (Å²) in [7, 11) is 6.60. The smallest absolute Gasteiger partial charge is 0.0907 e. The fourth-order valence-electron chi connectivity index (χ4n) is 1.28. The number of benzene rings is 1. The highest BCUT2D eigenvalue weighted by Gasteiger charge is 2.04. The third kappa shape index (κ3) is 5.40. The lowest BCUT2D eigenvalue weighted by molar-refractivity contribution is -0.869. The van der Waals surface area contributed by atoms with E-state index in [1.807, 2.05) is 12.1 Å². The molecule has 0 saturated heterocycles. The van der Waals surface area contributed by atoms with E-state index in [2.05, 4.69) is 38.6 Å². The van der Waals surface area contributed by atoms with Crippen LogP contribution in [-0.2, 0) is 6.54 Å². The molecule has 84 valence electrons. The Kier molecular flexibility index (Phi) is 4.12. The summed E-state index contributed by atoms with van der Waals surface area (Å²) < 4.78 is 0.995. The van der Waals surface area contributed by atoms with Gasteiger partial charge in [0.05, 0.1) is 27.7 Å². The van der Waals surface area contributed by atoms with Crippen molar-refractivity contribution in [2.45, 2.75) is 6.54 Å². The highest BCUT2D eigenvalue weighted by Crippen LogP contribution is 2.04. The van der Waals surface area contributed by atoms with Crippen molar-refractivity contribution >= 4 is 5.69 Å². The van der Waals surface area contributed by atoms with Gasteiger partial charge in [0.25, 0.3) is 0 Å². The molecule has 1 rings (SSSR count). The van der Waals surface area contributed by atoms with Crippen LogP contribution in [0.2, 0.25) is 0 Å². The van der Waals surface area contributed by atoms with E-state index in [-0.39, 0.29) is 0 Å². The molecule has 0 aromatic heterocycles. The van der Waals surface area contributed by atoms with E-state index in [1.165, 1.54) is 5.56 Å². The van der Waals surface area contributed by atoms with E-state index in [9.17, 15) is 0 Å². The number of likely N-dealkylation sites (N-methyl/N-ethyl adjacent to an activating group) is 1. The van der Waals surface area contributed by atoms with Gasteiger partial charge in [-0.1, -0.05) is 12.1 Å². The second-order valence-electron chi connectivity index (χ2n) is 4.93. The molecule has 1 aromatic rings. The highest BCUT2D eigenvalue weighted by molar-refractivity contribution is 5.39. The Morgan fingerprint density at radius 2 is 1.73 bits per heavy atom. The Balaban J connectivity index is 2.23. The Bertz CT molecular complexity index is 285. The number of hydrogen-bond donors (Lipinski definition) is 2. The lowest BCUT2D eigenvalue weighted by atomic mass is 10.2. The number of anilines is 1. The van der Waals surface area contributed by atoms with Crippen LogP contribution in [0.15, 0.2) is 24.3 Å². The molecular formula is C12H22N3+. The van der Waals surface area contributed by atoms with Gasteiger partial charge in [-0.2, -0.15) is 0 Å². The van der Waals surface area contributed by atoms with E-state index in [4.69, 9.17) is 5.73 Å². The first-order chi connectivity index (χ1) is 6.97. The van der Waals surface area contributed by atoms with Crippen LogP contribution >= 0.6 is 0 Å². The molecule has 0 aliphatic rings. The lowest BCUT2D eigenvalue weighted by Gasteiger charge is -2.23. The van der Waals surface area contributed by atoms with Crippen LogP contribution in [0.5, 0.6) is 0 Å². The number of nitrogen functional groups attached to an aromatic ring is 1. The minimum absolute atomic E-state index is 0.824. The Labute approximate surface area is 92.5 Å². The minimum atomic E-state index is 0.824. The molecule has 0 amide bonds. The fraction of sp³-hybridized carbons (Fsp3) is 0.500. The number of nitrogens with two attached hydrogens (primary N) is 1. The summed E-state index contributed by atoms with van der Waals surface area (Å²) in [5.41, 5.74) is 7.72. The first-order valence-electron chi connectivity index (χ1n) is 5.33. The molecule has 0 unspecified atom stereocenters. The van der Waals surface area contributed by atoms with Crippen molar-refractivity contribution in [3.8, 4) is 0 Å². The molecular weight excluding hydrogens is 186 g/mol. The van der Waals surface area contributed by atoms with Gasteiger partial charge in [-0.25, -0.2) is 0 Å². The van der Waals surface area contributed by atoms with Crippen molar-refractivity contribution in [3.63, 3.8) is 0 Å². The van der Waals surface area contributed by atoms with Gasteiger partial charge in [0, 0.05) is 18.8 Å². The van der Waals surface area contributed by atoms with Crippen LogP contribution in [0, 0.1) is 0 Å². The SMILES string of the molecule is C[N+](C)(C)CCNCc1ccc(N)cc1. The Morgan fingerprint density at radius 1 is 1.13 bits per heavy atom. The summed E-state index contributed by atoms with van der Waals surface area (Å²) in [5, 5.41) is 3.42. The fourth-order valence-corrected chi connectivity index (χ4v) is 1.28. The molecule has 0 atom stereocenters. The monoisotopic (exact) mass is 208 g/mol. The van der Waals surface area contributed by atoms with Crippen molar-refractivity contribution < 1.29 is 4.48 Å². The van der Waals surface area contributed by atoms with Gasteiger partial charge in [-0.05, 0) is 17.7 Å². The number of rotatable bonds is 5. The highest BCUT2D eigenvalue weighted by atomic mass is 15.3. The van der Waals surface area contributed by atoms with Crippen molar-refractivity contribution in [2.75, 3.05) is 40.0 Å². The predicted molar refractivity (Wildman–Crippen MR) is 65.5 cm³/mol. The van der Waals surface area contributed by atoms with Crippen LogP contribution < -0.4 is 11.1 Å². The minimum Gasteiger partial charge on any atom is -0.399 e. The maximum Gasteiger partial charge on any atom is 0.0907 e. The van der Waals surface area contributed by atoms with Crippen molar-refractivity contribution in [2.24, 2.45) is 0 Å². The summed E-state index contributed by atoms with van der Waals surface area (Å²) in [5.74, 6) is 0. The predicted octanol–water partition coefficient (Wildman–Crippen LogP) is 1.06. The van der Waals surface area contributed by atoms with Crippen LogP contribution in [0.1, 0.15) is 5.56 Å². The molecule has 0 saturated carbocycles. The molecule has 0 heterocycles. The number of nitrogens with zero attached hydrogens (tertiary/aromatic N) is 1. The van der Waals surface area contributed by atoms with Gasteiger partial charge in [0.1, 0.15) is 0 Å². The Hall–Kier alpha value is -1.06. The molecule has 0 aliphatic carbocycles.